The van der Waals surface area contributed by atoms with E-state index in [1.165, 1.54) is 0 Å². The molecule has 0 nitrogen and oxygen atoms in total. The molecule has 1 aliphatic rings. The van der Waals surface area contributed by atoms with Crippen molar-refractivity contribution in [3.63, 3.8) is 0 Å². The molecule has 0 N–H and O–H groups in total. The lowest BCUT2D eigenvalue weighted by Gasteiger charge is -2.05. The highest BCUT2D eigenvalue weighted by molar-refractivity contribution is 5.11. The van der Waals surface area contributed by atoms with E-state index in [0.29, 0.717) is 5.41 Å². The molecular weight excluding hydrogens is 120 g/mol. The fourth-order valence-electron chi connectivity index (χ4n) is 0.393. The van der Waals surface area contributed by atoms with Crippen LogP contribution in [0.3, 0.4) is 0 Å². The maximum Gasteiger partial charge on any atom is -0.0163 e. The first-order chi connectivity index (χ1) is 4.50. The van der Waals surface area contributed by atoms with Gasteiger partial charge in [-0.2, -0.15) is 0 Å². The van der Waals surface area contributed by atoms with Crippen molar-refractivity contribution in [2.45, 2.75) is 34.1 Å². The lowest BCUT2D eigenvalue weighted by Crippen LogP contribution is -1.93. The molecule has 0 fully saturated rings. The molecule has 0 aromatic heterocycles. The van der Waals surface area contributed by atoms with Crippen molar-refractivity contribution < 1.29 is 0 Å². The minimum Gasteiger partial charge on any atom is -0.0808 e. The molecule has 0 heteroatoms. The maximum absolute atomic E-state index is 2.19. The van der Waals surface area contributed by atoms with Gasteiger partial charge in [-0.1, -0.05) is 52.0 Å². The highest BCUT2D eigenvalue weighted by atomic mass is 14.0. The smallest absolute Gasteiger partial charge is 0.0163 e. The van der Waals surface area contributed by atoms with E-state index in [1.807, 2.05) is 0 Å². The number of hydrogen-bond acceptors (Lipinski definition) is 0. The molecule has 10 heavy (non-hydrogen) atoms. The van der Waals surface area contributed by atoms with Crippen molar-refractivity contribution in [2.24, 2.45) is 5.41 Å². The van der Waals surface area contributed by atoms with Crippen LogP contribution in [-0.4, -0.2) is 0 Å². The van der Waals surface area contributed by atoms with E-state index in [-0.39, 0.29) is 0 Å². The van der Waals surface area contributed by atoms with Crippen LogP contribution in [0.25, 0.3) is 0 Å². The zero-order chi connectivity index (χ0) is 8.04. The summed E-state index contributed by atoms with van der Waals surface area (Å²) in [7, 11) is 0. The summed E-state index contributed by atoms with van der Waals surface area (Å²) in [6, 6.07) is 0. The summed E-state index contributed by atoms with van der Waals surface area (Å²) in [5, 5.41) is 0. The van der Waals surface area contributed by atoms with E-state index in [0.717, 1.165) is 6.42 Å². The third kappa shape index (κ3) is 15.6. The third-order valence-electron chi connectivity index (χ3n) is 0.655. The van der Waals surface area contributed by atoms with E-state index in [9.17, 15) is 0 Å². The zero-order valence-electron chi connectivity index (χ0n) is 7.52. The molecule has 0 unspecified atom stereocenters. The van der Waals surface area contributed by atoms with Gasteiger partial charge < -0.3 is 0 Å². The van der Waals surface area contributed by atoms with Crippen molar-refractivity contribution in [1.82, 2.24) is 0 Å². The molecule has 0 bridgehead atoms. The average Bonchev–Trinajstić information content (AvgIpc) is 2.07. The zero-order valence-corrected chi connectivity index (χ0v) is 7.52. The van der Waals surface area contributed by atoms with Gasteiger partial charge in [0.15, 0.2) is 0 Å². The molecule has 0 aliphatic heterocycles. The quantitative estimate of drug-likeness (QED) is 0.480. The van der Waals surface area contributed by atoms with E-state index in [4.69, 9.17) is 0 Å². The molecule has 0 spiro atoms. The largest absolute Gasteiger partial charge is 0.0808 e. The Morgan fingerprint density at radius 3 is 1.30 bits per heavy atom. The second-order valence-corrected chi connectivity index (χ2v) is 4.09. The predicted octanol–water partition coefficient (Wildman–Crippen LogP) is 3.55. The van der Waals surface area contributed by atoms with Crippen molar-refractivity contribution in [3.8, 4) is 0 Å². The molecule has 1 rings (SSSR count). The Labute approximate surface area is 64.6 Å². The van der Waals surface area contributed by atoms with Gasteiger partial charge in [0.1, 0.15) is 0 Å². The molecule has 0 atom stereocenters. The van der Waals surface area contributed by atoms with Gasteiger partial charge in [-0.3, -0.25) is 0 Å². The molecular formula is C10H18. The molecule has 1 aliphatic carbocycles. The molecule has 0 heterocycles. The van der Waals surface area contributed by atoms with E-state index < -0.39 is 0 Å². The Balaban J connectivity index is 0.000000162. The van der Waals surface area contributed by atoms with Gasteiger partial charge in [0.2, 0.25) is 0 Å². The molecule has 0 aromatic carbocycles. The van der Waals surface area contributed by atoms with Gasteiger partial charge in [-0.05, 0) is 11.8 Å². The van der Waals surface area contributed by atoms with Crippen LogP contribution in [-0.2, 0) is 0 Å². The fourth-order valence-corrected chi connectivity index (χ4v) is 0.393. The van der Waals surface area contributed by atoms with Gasteiger partial charge in [-0.25, -0.2) is 0 Å². The van der Waals surface area contributed by atoms with Crippen LogP contribution in [0.15, 0.2) is 24.3 Å². The molecule has 0 amide bonds. The van der Waals surface area contributed by atoms with Gasteiger partial charge >= 0.3 is 0 Å². The van der Waals surface area contributed by atoms with E-state index in [1.54, 1.807) is 0 Å². The normalized spacial score (nSPS) is 14.8. The van der Waals surface area contributed by atoms with Crippen molar-refractivity contribution in [1.29, 1.82) is 0 Å². The van der Waals surface area contributed by atoms with Crippen LogP contribution >= 0.6 is 0 Å². The molecule has 0 aromatic rings. The Bertz CT molecular complexity index is 105. The summed E-state index contributed by atoms with van der Waals surface area (Å²) in [4.78, 5) is 0. The predicted molar refractivity (Wildman–Crippen MR) is 48.0 cm³/mol. The van der Waals surface area contributed by atoms with Gasteiger partial charge in [0.25, 0.3) is 0 Å². The van der Waals surface area contributed by atoms with Crippen LogP contribution in [0.1, 0.15) is 34.1 Å². The monoisotopic (exact) mass is 138 g/mol. The summed E-state index contributed by atoms with van der Waals surface area (Å²) >= 11 is 0. The van der Waals surface area contributed by atoms with Gasteiger partial charge in [0.05, 0.1) is 0 Å². The summed E-state index contributed by atoms with van der Waals surface area (Å²) < 4.78 is 0. The number of allylic oxidation sites excluding steroid dienone is 4. The maximum atomic E-state index is 2.19. The standard InChI is InChI=1S/C5H6.C5H12/c1-2-4-5-3-1;1-5(2,3)4/h1-4H,5H2;1-4H3. The highest BCUT2D eigenvalue weighted by Crippen LogP contribution is 2.08. The summed E-state index contributed by atoms with van der Waals surface area (Å²) in [5.41, 5.74) is 0.500. The van der Waals surface area contributed by atoms with Crippen LogP contribution in [0.2, 0.25) is 0 Å². The molecule has 0 radical (unpaired) electrons. The topological polar surface area (TPSA) is 0 Å². The number of rotatable bonds is 0. The Morgan fingerprint density at radius 2 is 1.20 bits per heavy atom. The van der Waals surface area contributed by atoms with Crippen molar-refractivity contribution in [2.75, 3.05) is 0 Å². The third-order valence-corrected chi connectivity index (χ3v) is 0.655. The summed E-state index contributed by atoms with van der Waals surface area (Å²) in [5.74, 6) is 0. The Hall–Kier alpha value is -0.520. The van der Waals surface area contributed by atoms with Crippen molar-refractivity contribution in [3.05, 3.63) is 24.3 Å². The van der Waals surface area contributed by atoms with Crippen LogP contribution in [0.4, 0.5) is 0 Å². The van der Waals surface area contributed by atoms with Gasteiger partial charge in [-0.15, -0.1) is 0 Å². The minimum atomic E-state index is 0.500. The first kappa shape index (κ1) is 9.48. The second kappa shape index (κ2) is 4.32. The Kier molecular flexibility index (Phi) is 4.10. The summed E-state index contributed by atoms with van der Waals surface area (Å²) in [6.45, 7) is 8.75. The molecule has 58 valence electrons. The van der Waals surface area contributed by atoms with Crippen LogP contribution in [0.5, 0.6) is 0 Å². The first-order valence-electron chi connectivity index (χ1n) is 3.82. The Morgan fingerprint density at radius 1 is 0.900 bits per heavy atom. The van der Waals surface area contributed by atoms with E-state index >= 15 is 0 Å². The summed E-state index contributed by atoms with van der Waals surface area (Å²) in [6.07, 6.45) is 9.50. The number of hydrogen-bond donors (Lipinski definition) is 0. The van der Waals surface area contributed by atoms with Gasteiger partial charge in [0, 0.05) is 0 Å². The van der Waals surface area contributed by atoms with Crippen LogP contribution < -0.4 is 0 Å². The molecule has 0 saturated carbocycles. The van der Waals surface area contributed by atoms with Crippen molar-refractivity contribution >= 4 is 0 Å². The lowest BCUT2D eigenvalue weighted by atomic mass is 10.0. The second-order valence-electron chi connectivity index (χ2n) is 4.09. The SMILES string of the molecule is C1=CCC=C1.CC(C)(C)C. The highest BCUT2D eigenvalue weighted by Gasteiger charge is 1.95. The first-order valence-corrected chi connectivity index (χ1v) is 3.82. The molecule has 0 saturated heterocycles. The average molecular weight is 138 g/mol. The fraction of sp³-hybridized carbons (Fsp3) is 0.600. The lowest BCUT2D eigenvalue weighted by molar-refractivity contribution is 0.469. The van der Waals surface area contributed by atoms with Crippen LogP contribution in [0, 0.1) is 5.41 Å². The minimum absolute atomic E-state index is 0.500. The van der Waals surface area contributed by atoms with E-state index in [2.05, 4.69) is 52.0 Å².